The predicted molar refractivity (Wildman–Crippen MR) is 45.2 cm³/mol. The summed E-state index contributed by atoms with van der Waals surface area (Å²) in [5.74, 6) is -1.87. The maximum absolute atomic E-state index is 13.0. The average Bonchev–Trinajstić information content (AvgIpc) is 1.97. The van der Waals surface area contributed by atoms with Gasteiger partial charge >= 0.3 is 0 Å². The van der Waals surface area contributed by atoms with E-state index in [1.807, 2.05) is 0 Å². The van der Waals surface area contributed by atoms with E-state index in [-0.39, 0.29) is 5.56 Å². The Morgan fingerprint density at radius 2 is 2.00 bits per heavy atom. The number of hydrogen-bond donors (Lipinski definition) is 1. The second-order valence-corrected chi connectivity index (χ2v) is 2.77. The van der Waals surface area contributed by atoms with E-state index in [9.17, 15) is 8.78 Å². The van der Waals surface area contributed by atoms with Crippen LogP contribution in [0.1, 0.15) is 18.6 Å². The Hall–Kier alpha value is -0.895. The highest BCUT2D eigenvalue weighted by atomic mass is 19.2. The SMILES string of the molecule is Bc1ccc(F)c(F)c1C(C)O. The molecule has 12 heavy (non-hydrogen) atoms. The van der Waals surface area contributed by atoms with E-state index < -0.39 is 17.7 Å². The number of hydrogen-bond acceptors (Lipinski definition) is 1. The summed E-state index contributed by atoms with van der Waals surface area (Å²) >= 11 is 0. The molecule has 1 atom stereocenters. The van der Waals surface area contributed by atoms with Crippen LogP contribution >= 0.6 is 0 Å². The van der Waals surface area contributed by atoms with E-state index in [0.717, 1.165) is 6.07 Å². The second kappa shape index (κ2) is 3.23. The summed E-state index contributed by atoms with van der Waals surface area (Å²) in [6.45, 7) is 1.41. The standard InChI is InChI=1S/C8H9BF2O/c1-4(12)7-5(9)2-3-6(10)8(7)11/h2-4,12H,9H2,1H3. The minimum atomic E-state index is -0.972. The van der Waals surface area contributed by atoms with Gasteiger partial charge in [0, 0.05) is 5.56 Å². The van der Waals surface area contributed by atoms with Crippen molar-refractivity contribution in [3.63, 3.8) is 0 Å². The largest absolute Gasteiger partial charge is 0.389 e. The molecular weight excluding hydrogens is 161 g/mol. The van der Waals surface area contributed by atoms with Crippen LogP contribution in [0.3, 0.4) is 0 Å². The molecule has 1 unspecified atom stereocenters. The minimum Gasteiger partial charge on any atom is -0.389 e. The highest BCUT2D eigenvalue weighted by Gasteiger charge is 2.14. The molecular formula is C8H9BF2O. The first-order chi connectivity index (χ1) is 5.54. The first kappa shape index (κ1) is 9.19. The van der Waals surface area contributed by atoms with Gasteiger partial charge in [-0.15, -0.1) is 0 Å². The quantitative estimate of drug-likeness (QED) is 0.600. The molecule has 0 amide bonds. The minimum absolute atomic E-state index is 0.0370. The summed E-state index contributed by atoms with van der Waals surface area (Å²) in [5.41, 5.74) is 0.596. The molecule has 0 aliphatic heterocycles. The third-order valence-electron chi connectivity index (χ3n) is 1.77. The molecule has 0 saturated carbocycles. The Balaban J connectivity index is 3.33. The molecule has 1 rings (SSSR count). The molecule has 1 aromatic rings. The highest BCUT2D eigenvalue weighted by molar-refractivity contribution is 6.33. The van der Waals surface area contributed by atoms with Gasteiger partial charge < -0.3 is 5.11 Å². The van der Waals surface area contributed by atoms with Gasteiger partial charge in [0.1, 0.15) is 7.85 Å². The fourth-order valence-electron chi connectivity index (χ4n) is 1.18. The van der Waals surface area contributed by atoms with Gasteiger partial charge in [-0.25, -0.2) is 8.78 Å². The molecule has 64 valence electrons. The van der Waals surface area contributed by atoms with Crippen LogP contribution in [0, 0.1) is 11.6 Å². The highest BCUT2D eigenvalue weighted by Crippen LogP contribution is 2.15. The van der Waals surface area contributed by atoms with Gasteiger partial charge in [0.15, 0.2) is 11.6 Å². The average molecular weight is 170 g/mol. The molecule has 1 nitrogen and oxygen atoms in total. The molecule has 0 aliphatic carbocycles. The van der Waals surface area contributed by atoms with E-state index in [0.29, 0.717) is 5.46 Å². The zero-order valence-corrected chi connectivity index (χ0v) is 6.94. The number of aliphatic hydroxyl groups is 1. The fourth-order valence-corrected chi connectivity index (χ4v) is 1.18. The molecule has 0 bridgehead atoms. The molecule has 0 saturated heterocycles. The molecule has 0 heterocycles. The van der Waals surface area contributed by atoms with Gasteiger partial charge in [-0.1, -0.05) is 11.5 Å². The van der Waals surface area contributed by atoms with Crippen molar-refractivity contribution in [2.75, 3.05) is 0 Å². The predicted octanol–water partition coefficient (Wildman–Crippen LogP) is 0.277. The van der Waals surface area contributed by atoms with Crippen molar-refractivity contribution in [3.8, 4) is 0 Å². The van der Waals surface area contributed by atoms with Gasteiger partial charge in [0.2, 0.25) is 0 Å². The van der Waals surface area contributed by atoms with Crippen molar-refractivity contribution < 1.29 is 13.9 Å². The molecule has 1 N–H and O–H groups in total. The van der Waals surface area contributed by atoms with Crippen molar-refractivity contribution in [2.45, 2.75) is 13.0 Å². The maximum atomic E-state index is 13.0. The maximum Gasteiger partial charge on any atom is 0.164 e. The Morgan fingerprint density at radius 3 is 2.42 bits per heavy atom. The van der Waals surface area contributed by atoms with E-state index in [4.69, 9.17) is 5.11 Å². The first-order valence-corrected chi connectivity index (χ1v) is 3.66. The van der Waals surface area contributed by atoms with Gasteiger partial charge in [0.25, 0.3) is 0 Å². The van der Waals surface area contributed by atoms with Crippen molar-refractivity contribution in [3.05, 3.63) is 29.3 Å². The zero-order chi connectivity index (χ0) is 9.30. The third-order valence-corrected chi connectivity index (χ3v) is 1.77. The summed E-state index contributed by atoms with van der Waals surface area (Å²) in [4.78, 5) is 0. The summed E-state index contributed by atoms with van der Waals surface area (Å²) in [7, 11) is 1.63. The zero-order valence-electron chi connectivity index (χ0n) is 6.94. The molecule has 0 aromatic heterocycles. The molecule has 0 aliphatic rings. The first-order valence-electron chi connectivity index (χ1n) is 3.66. The Labute approximate surface area is 70.4 Å². The molecule has 4 heteroatoms. The van der Waals surface area contributed by atoms with Crippen LogP contribution in [0.15, 0.2) is 12.1 Å². The normalized spacial score (nSPS) is 13.0. The van der Waals surface area contributed by atoms with Crippen LogP contribution < -0.4 is 5.46 Å². The van der Waals surface area contributed by atoms with E-state index in [2.05, 4.69) is 0 Å². The smallest absolute Gasteiger partial charge is 0.164 e. The van der Waals surface area contributed by atoms with E-state index in [1.54, 1.807) is 7.85 Å². The van der Waals surface area contributed by atoms with Crippen LogP contribution in [0.5, 0.6) is 0 Å². The topological polar surface area (TPSA) is 20.2 Å². The Kier molecular flexibility index (Phi) is 2.47. The number of halogens is 2. The molecule has 0 spiro atoms. The van der Waals surface area contributed by atoms with Gasteiger partial charge in [0.05, 0.1) is 6.10 Å². The third kappa shape index (κ3) is 1.48. The molecule has 0 fully saturated rings. The van der Waals surface area contributed by atoms with Crippen LogP contribution in [0.4, 0.5) is 8.78 Å². The lowest BCUT2D eigenvalue weighted by Crippen LogP contribution is -2.16. The number of aliphatic hydroxyl groups excluding tert-OH is 1. The summed E-state index contributed by atoms with van der Waals surface area (Å²) in [6, 6.07) is 2.50. The Morgan fingerprint density at radius 1 is 1.42 bits per heavy atom. The summed E-state index contributed by atoms with van der Waals surface area (Å²) in [6.07, 6.45) is -0.972. The lowest BCUT2D eigenvalue weighted by atomic mass is 9.88. The summed E-state index contributed by atoms with van der Waals surface area (Å²) < 4.78 is 25.6. The summed E-state index contributed by atoms with van der Waals surface area (Å²) in [5, 5.41) is 9.10. The lowest BCUT2D eigenvalue weighted by molar-refractivity contribution is 0.194. The van der Waals surface area contributed by atoms with Gasteiger partial charge in [-0.3, -0.25) is 0 Å². The van der Waals surface area contributed by atoms with Gasteiger partial charge in [-0.2, -0.15) is 0 Å². The second-order valence-electron chi connectivity index (χ2n) is 2.77. The van der Waals surface area contributed by atoms with Crippen molar-refractivity contribution in [1.82, 2.24) is 0 Å². The monoisotopic (exact) mass is 170 g/mol. The molecule has 0 radical (unpaired) electrons. The molecule has 1 aromatic carbocycles. The van der Waals surface area contributed by atoms with E-state index in [1.165, 1.54) is 13.0 Å². The van der Waals surface area contributed by atoms with Crippen LogP contribution in [0.2, 0.25) is 0 Å². The van der Waals surface area contributed by atoms with Crippen molar-refractivity contribution in [1.29, 1.82) is 0 Å². The number of rotatable bonds is 1. The van der Waals surface area contributed by atoms with Gasteiger partial charge in [-0.05, 0) is 13.0 Å². The van der Waals surface area contributed by atoms with E-state index >= 15 is 0 Å². The Bertz CT molecular complexity index is 299. The van der Waals surface area contributed by atoms with Crippen molar-refractivity contribution >= 4 is 13.3 Å². The van der Waals surface area contributed by atoms with Crippen LogP contribution in [-0.2, 0) is 0 Å². The van der Waals surface area contributed by atoms with Crippen molar-refractivity contribution in [2.24, 2.45) is 0 Å². The van der Waals surface area contributed by atoms with Crippen LogP contribution in [-0.4, -0.2) is 13.0 Å². The number of benzene rings is 1. The fraction of sp³-hybridized carbons (Fsp3) is 0.250. The van der Waals surface area contributed by atoms with Crippen LogP contribution in [0.25, 0.3) is 0 Å². The lowest BCUT2D eigenvalue weighted by Gasteiger charge is -2.10.